The quantitative estimate of drug-likeness (QED) is 0.771. The fraction of sp³-hybridized carbons (Fsp3) is 0.222. The van der Waals surface area contributed by atoms with Gasteiger partial charge >= 0.3 is 0 Å². The molecule has 1 N–H and O–H groups in total. The molecule has 0 radical (unpaired) electrons. The van der Waals surface area contributed by atoms with Crippen molar-refractivity contribution in [2.75, 3.05) is 18.6 Å². The van der Waals surface area contributed by atoms with Gasteiger partial charge in [0.2, 0.25) is 0 Å². The van der Waals surface area contributed by atoms with Crippen LogP contribution in [0.5, 0.6) is 0 Å². The molecule has 2 nitrogen and oxygen atoms in total. The van der Waals surface area contributed by atoms with Gasteiger partial charge in [-0.05, 0) is 24.5 Å². The predicted molar refractivity (Wildman–Crippen MR) is 60.9 cm³/mol. The fourth-order valence-electron chi connectivity index (χ4n) is 1.15. The second-order valence-electron chi connectivity index (χ2n) is 2.62. The molecule has 0 unspecified atom stereocenters. The number of hydrogen-bond donors (Lipinski definition) is 1. The van der Waals surface area contributed by atoms with Crippen LogP contribution in [0.4, 0.5) is 5.69 Å². The van der Waals surface area contributed by atoms with E-state index in [0.717, 1.165) is 15.5 Å². The minimum absolute atomic E-state index is 1.09. The lowest BCUT2D eigenvalue weighted by atomic mass is 10.3. The van der Waals surface area contributed by atoms with Gasteiger partial charge in [0.15, 0.2) is 4.34 Å². The van der Waals surface area contributed by atoms with Crippen LogP contribution in [0.25, 0.3) is 10.2 Å². The Morgan fingerprint density at radius 2 is 2.31 bits per heavy atom. The molecule has 2 aromatic rings. The first kappa shape index (κ1) is 8.84. The zero-order valence-electron chi connectivity index (χ0n) is 7.50. The smallest absolute Gasteiger partial charge is 0.150 e. The summed E-state index contributed by atoms with van der Waals surface area (Å²) in [5.41, 5.74) is 2.23. The van der Waals surface area contributed by atoms with Crippen molar-refractivity contribution in [2.45, 2.75) is 4.34 Å². The number of benzene rings is 1. The van der Waals surface area contributed by atoms with Gasteiger partial charge in [-0.15, -0.1) is 11.3 Å². The molecule has 0 aliphatic rings. The third-order valence-electron chi connectivity index (χ3n) is 1.83. The molecular weight excluding hydrogens is 200 g/mol. The lowest BCUT2D eigenvalue weighted by Gasteiger charge is -1.96. The first-order valence-electron chi connectivity index (χ1n) is 3.96. The summed E-state index contributed by atoms with van der Waals surface area (Å²) in [6.07, 6.45) is 2.05. The Balaban J connectivity index is 2.57. The summed E-state index contributed by atoms with van der Waals surface area (Å²) in [5.74, 6) is 0. The van der Waals surface area contributed by atoms with Crippen molar-refractivity contribution >= 4 is 39.0 Å². The summed E-state index contributed by atoms with van der Waals surface area (Å²) in [7, 11) is 1.93. The summed E-state index contributed by atoms with van der Waals surface area (Å²) in [6, 6.07) is 6.23. The van der Waals surface area contributed by atoms with Crippen LogP contribution in [0.15, 0.2) is 22.5 Å². The Bertz CT molecular complexity index is 420. The van der Waals surface area contributed by atoms with Crippen molar-refractivity contribution in [3.8, 4) is 0 Å². The third kappa shape index (κ3) is 1.64. The van der Waals surface area contributed by atoms with Gasteiger partial charge in [0.1, 0.15) is 0 Å². The number of anilines is 1. The van der Waals surface area contributed by atoms with Gasteiger partial charge in [0.25, 0.3) is 0 Å². The molecule has 1 aromatic heterocycles. The van der Waals surface area contributed by atoms with Crippen molar-refractivity contribution in [3.05, 3.63) is 18.2 Å². The van der Waals surface area contributed by atoms with E-state index in [-0.39, 0.29) is 0 Å². The maximum Gasteiger partial charge on any atom is 0.150 e. The molecule has 0 atom stereocenters. The first-order valence-corrected chi connectivity index (χ1v) is 6.00. The molecule has 0 aliphatic carbocycles. The van der Waals surface area contributed by atoms with Gasteiger partial charge in [-0.2, -0.15) is 0 Å². The Morgan fingerprint density at radius 1 is 1.46 bits per heavy atom. The van der Waals surface area contributed by atoms with E-state index in [9.17, 15) is 0 Å². The standard InChI is InChI=1S/C9H10N2S2/c1-10-6-3-4-7-8(5-6)13-9(11-7)12-2/h3-5,10H,1-2H3. The average Bonchev–Trinajstić information content (AvgIpc) is 2.58. The van der Waals surface area contributed by atoms with E-state index in [1.54, 1.807) is 23.1 Å². The SMILES string of the molecule is CNc1ccc2nc(SC)sc2c1. The van der Waals surface area contributed by atoms with Crippen molar-refractivity contribution in [1.82, 2.24) is 4.98 Å². The van der Waals surface area contributed by atoms with Gasteiger partial charge in [0, 0.05) is 12.7 Å². The minimum Gasteiger partial charge on any atom is -0.388 e. The molecule has 0 bridgehead atoms. The molecule has 0 amide bonds. The molecule has 68 valence electrons. The van der Waals surface area contributed by atoms with Crippen LogP contribution in [0.1, 0.15) is 0 Å². The molecular formula is C9H10N2S2. The molecule has 0 aliphatic heterocycles. The van der Waals surface area contributed by atoms with E-state index in [1.807, 2.05) is 13.1 Å². The Kier molecular flexibility index (Phi) is 2.42. The number of thiazole rings is 1. The number of nitrogens with one attached hydrogen (secondary N) is 1. The van der Waals surface area contributed by atoms with E-state index in [1.165, 1.54) is 4.70 Å². The van der Waals surface area contributed by atoms with E-state index >= 15 is 0 Å². The summed E-state index contributed by atoms with van der Waals surface area (Å²) in [4.78, 5) is 4.46. The molecule has 0 spiro atoms. The molecule has 13 heavy (non-hydrogen) atoms. The molecule has 4 heteroatoms. The van der Waals surface area contributed by atoms with E-state index < -0.39 is 0 Å². The lowest BCUT2D eigenvalue weighted by molar-refractivity contribution is 1.31. The van der Waals surface area contributed by atoms with Crippen molar-refractivity contribution in [1.29, 1.82) is 0 Å². The van der Waals surface area contributed by atoms with Crippen LogP contribution in [0, 0.1) is 0 Å². The zero-order chi connectivity index (χ0) is 9.26. The second kappa shape index (κ2) is 3.55. The van der Waals surface area contributed by atoms with Gasteiger partial charge < -0.3 is 5.32 Å². The number of nitrogens with zero attached hydrogens (tertiary/aromatic N) is 1. The largest absolute Gasteiger partial charge is 0.388 e. The number of hydrogen-bond acceptors (Lipinski definition) is 4. The molecule has 0 fully saturated rings. The maximum absolute atomic E-state index is 4.46. The maximum atomic E-state index is 4.46. The predicted octanol–water partition coefficient (Wildman–Crippen LogP) is 3.06. The minimum atomic E-state index is 1.09. The molecule has 1 heterocycles. The number of fused-ring (bicyclic) bond motifs is 1. The molecule has 0 saturated heterocycles. The number of thioether (sulfide) groups is 1. The normalized spacial score (nSPS) is 10.6. The van der Waals surface area contributed by atoms with Crippen molar-refractivity contribution in [2.24, 2.45) is 0 Å². The highest BCUT2D eigenvalue weighted by atomic mass is 32.2. The Morgan fingerprint density at radius 3 is 3.00 bits per heavy atom. The lowest BCUT2D eigenvalue weighted by Crippen LogP contribution is -1.85. The highest BCUT2D eigenvalue weighted by molar-refractivity contribution is 8.00. The molecule has 2 rings (SSSR count). The number of aromatic nitrogens is 1. The van der Waals surface area contributed by atoms with E-state index in [4.69, 9.17) is 0 Å². The van der Waals surface area contributed by atoms with E-state index in [0.29, 0.717) is 0 Å². The van der Waals surface area contributed by atoms with Gasteiger partial charge in [-0.25, -0.2) is 4.98 Å². The highest BCUT2D eigenvalue weighted by Crippen LogP contribution is 2.29. The summed E-state index contributed by atoms with van der Waals surface area (Å²) >= 11 is 3.43. The first-order chi connectivity index (χ1) is 6.33. The van der Waals surface area contributed by atoms with Crippen LogP contribution >= 0.6 is 23.1 Å². The van der Waals surface area contributed by atoms with Crippen LogP contribution in [-0.2, 0) is 0 Å². The summed E-state index contributed by atoms with van der Waals surface area (Å²) in [5, 5.41) is 3.12. The van der Waals surface area contributed by atoms with Crippen LogP contribution in [0.2, 0.25) is 0 Å². The van der Waals surface area contributed by atoms with Crippen LogP contribution < -0.4 is 5.32 Å². The van der Waals surface area contributed by atoms with Gasteiger partial charge in [0.05, 0.1) is 10.2 Å². The number of rotatable bonds is 2. The molecule has 1 aromatic carbocycles. The van der Waals surface area contributed by atoms with Gasteiger partial charge in [-0.3, -0.25) is 0 Å². The molecule has 0 saturated carbocycles. The van der Waals surface area contributed by atoms with Crippen LogP contribution in [0.3, 0.4) is 0 Å². The average molecular weight is 210 g/mol. The van der Waals surface area contributed by atoms with Gasteiger partial charge in [-0.1, -0.05) is 11.8 Å². The van der Waals surface area contributed by atoms with Crippen molar-refractivity contribution in [3.63, 3.8) is 0 Å². The fourth-order valence-corrected chi connectivity index (χ4v) is 2.67. The summed E-state index contributed by atoms with van der Waals surface area (Å²) in [6.45, 7) is 0. The Hall–Kier alpha value is -0.740. The zero-order valence-corrected chi connectivity index (χ0v) is 9.13. The Labute approximate surface area is 85.4 Å². The summed E-state index contributed by atoms with van der Waals surface area (Å²) < 4.78 is 2.37. The second-order valence-corrected chi connectivity index (χ2v) is 4.70. The van der Waals surface area contributed by atoms with Crippen LogP contribution in [-0.4, -0.2) is 18.3 Å². The topological polar surface area (TPSA) is 24.9 Å². The third-order valence-corrected chi connectivity index (χ3v) is 3.84. The highest BCUT2D eigenvalue weighted by Gasteiger charge is 2.02. The van der Waals surface area contributed by atoms with E-state index in [2.05, 4.69) is 28.7 Å². The van der Waals surface area contributed by atoms with Crippen molar-refractivity contribution < 1.29 is 0 Å². The monoisotopic (exact) mass is 210 g/mol.